The van der Waals surface area contributed by atoms with Crippen LogP contribution in [0.5, 0.6) is 0 Å². The quantitative estimate of drug-likeness (QED) is 0.788. The molecule has 3 unspecified atom stereocenters. The molecule has 2 saturated heterocycles. The lowest BCUT2D eigenvalue weighted by molar-refractivity contribution is -0.123. The maximum atomic E-state index is 12.4. The first-order chi connectivity index (χ1) is 11.7. The normalized spacial score (nSPS) is 26.8. The molecule has 0 bridgehead atoms. The Kier molecular flexibility index (Phi) is 5.92. The van der Waals surface area contributed by atoms with Crippen LogP contribution in [0.15, 0.2) is 22.8 Å². The number of hydrogen-bond acceptors (Lipinski definition) is 5. The molecule has 0 spiro atoms. The highest BCUT2D eigenvalue weighted by Crippen LogP contribution is 2.23. The molecule has 134 valence electrons. The fourth-order valence-corrected chi connectivity index (χ4v) is 4.00. The van der Waals surface area contributed by atoms with Crippen molar-refractivity contribution in [3.8, 4) is 0 Å². The smallest absolute Gasteiger partial charge is 0.234 e. The van der Waals surface area contributed by atoms with Gasteiger partial charge in [0.15, 0.2) is 0 Å². The Morgan fingerprint density at radius 1 is 1.33 bits per heavy atom. The lowest BCUT2D eigenvalue weighted by atomic mass is 10.2. The molecule has 2 aliphatic rings. The lowest BCUT2D eigenvalue weighted by Gasteiger charge is -2.31. The van der Waals surface area contributed by atoms with Crippen LogP contribution in [0.4, 0.5) is 0 Å². The first-order valence-corrected chi connectivity index (χ1v) is 9.09. The van der Waals surface area contributed by atoms with Crippen LogP contribution in [0.2, 0.25) is 0 Å². The predicted octanol–water partition coefficient (Wildman–Crippen LogP) is 1.38. The van der Waals surface area contributed by atoms with Gasteiger partial charge in [0.25, 0.3) is 0 Å². The molecule has 1 amide bonds. The summed E-state index contributed by atoms with van der Waals surface area (Å²) in [7, 11) is 0. The summed E-state index contributed by atoms with van der Waals surface area (Å²) in [5, 5.41) is 12.5. The van der Waals surface area contributed by atoms with Gasteiger partial charge in [0.05, 0.1) is 25.5 Å². The third-order valence-electron chi connectivity index (χ3n) is 5.35. The van der Waals surface area contributed by atoms with Gasteiger partial charge in [-0.15, -0.1) is 0 Å². The third-order valence-corrected chi connectivity index (χ3v) is 5.35. The molecule has 3 rings (SSSR count). The number of amides is 1. The van der Waals surface area contributed by atoms with Gasteiger partial charge in [0, 0.05) is 18.6 Å². The van der Waals surface area contributed by atoms with E-state index in [2.05, 4.69) is 15.1 Å². The first kappa shape index (κ1) is 17.5. The van der Waals surface area contributed by atoms with Gasteiger partial charge in [0.1, 0.15) is 5.76 Å². The zero-order valence-corrected chi connectivity index (χ0v) is 14.5. The third kappa shape index (κ3) is 4.18. The fourth-order valence-electron chi connectivity index (χ4n) is 4.00. The molecule has 3 heterocycles. The number of hydrogen-bond donors (Lipinski definition) is 2. The van der Waals surface area contributed by atoms with E-state index in [9.17, 15) is 9.90 Å². The minimum Gasteiger partial charge on any atom is -0.467 e. The Balaban J connectivity index is 1.49. The van der Waals surface area contributed by atoms with Gasteiger partial charge >= 0.3 is 0 Å². The molecule has 6 nitrogen and oxygen atoms in total. The first-order valence-electron chi connectivity index (χ1n) is 9.09. The van der Waals surface area contributed by atoms with Crippen LogP contribution in [-0.2, 0) is 4.79 Å². The van der Waals surface area contributed by atoms with E-state index in [0.717, 1.165) is 44.7 Å². The second kappa shape index (κ2) is 8.14. The molecule has 24 heavy (non-hydrogen) atoms. The van der Waals surface area contributed by atoms with Crippen molar-refractivity contribution >= 4 is 5.91 Å². The summed E-state index contributed by atoms with van der Waals surface area (Å²) in [5.74, 6) is 0.829. The molecule has 0 aliphatic carbocycles. The van der Waals surface area contributed by atoms with E-state index in [1.807, 2.05) is 19.1 Å². The molecule has 2 aliphatic heterocycles. The maximum Gasteiger partial charge on any atom is 0.234 e. The Morgan fingerprint density at radius 3 is 2.79 bits per heavy atom. The van der Waals surface area contributed by atoms with E-state index in [1.165, 1.54) is 6.42 Å². The molecule has 0 saturated carbocycles. The Morgan fingerprint density at radius 2 is 2.08 bits per heavy atom. The van der Waals surface area contributed by atoms with Gasteiger partial charge in [-0.25, -0.2) is 0 Å². The van der Waals surface area contributed by atoms with Crippen molar-refractivity contribution in [1.29, 1.82) is 0 Å². The van der Waals surface area contributed by atoms with Gasteiger partial charge in [-0.2, -0.15) is 0 Å². The monoisotopic (exact) mass is 335 g/mol. The molecule has 3 atom stereocenters. The van der Waals surface area contributed by atoms with E-state index >= 15 is 0 Å². The van der Waals surface area contributed by atoms with Crippen molar-refractivity contribution in [2.45, 2.75) is 50.7 Å². The summed E-state index contributed by atoms with van der Waals surface area (Å²) in [4.78, 5) is 17.0. The van der Waals surface area contributed by atoms with Gasteiger partial charge in [-0.3, -0.25) is 14.6 Å². The standard InChI is InChI=1S/C18H29N3O3/c1-14(17-7-4-10-24-17)19-18(23)12-21-9-2-5-15(21)11-20-8-3-6-16(20)13-22/h4,7,10,14-16,22H,2-3,5-6,8-9,11-13H2,1H3,(H,19,23). The summed E-state index contributed by atoms with van der Waals surface area (Å²) >= 11 is 0. The van der Waals surface area contributed by atoms with Gasteiger partial charge < -0.3 is 14.8 Å². The second-order valence-electron chi connectivity index (χ2n) is 7.04. The summed E-state index contributed by atoms with van der Waals surface area (Å²) in [6.45, 7) is 5.63. The van der Waals surface area contributed by atoms with Crippen LogP contribution in [0.3, 0.4) is 0 Å². The highest BCUT2D eigenvalue weighted by Gasteiger charge is 2.32. The molecule has 1 aromatic rings. The molecular weight excluding hydrogens is 306 g/mol. The minimum absolute atomic E-state index is 0.0472. The summed E-state index contributed by atoms with van der Waals surface area (Å²) in [5.41, 5.74) is 0. The molecule has 6 heteroatoms. The largest absolute Gasteiger partial charge is 0.467 e. The van der Waals surface area contributed by atoms with E-state index in [1.54, 1.807) is 6.26 Å². The van der Waals surface area contributed by atoms with Crippen molar-refractivity contribution in [1.82, 2.24) is 15.1 Å². The van der Waals surface area contributed by atoms with Crippen LogP contribution >= 0.6 is 0 Å². The van der Waals surface area contributed by atoms with Crippen molar-refractivity contribution in [3.63, 3.8) is 0 Å². The van der Waals surface area contributed by atoms with Gasteiger partial charge in [-0.1, -0.05) is 0 Å². The average Bonchev–Trinajstić information content (AvgIpc) is 3.29. The molecule has 2 fully saturated rings. The molecular formula is C18H29N3O3. The maximum absolute atomic E-state index is 12.4. The van der Waals surface area contributed by atoms with E-state index in [4.69, 9.17) is 4.42 Å². The van der Waals surface area contributed by atoms with Crippen LogP contribution in [-0.4, -0.2) is 65.7 Å². The number of aliphatic hydroxyl groups is 1. The van der Waals surface area contributed by atoms with Gasteiger partial charge in [0.2, 0.25) is 5.91 Å². The van der Waals surface area contributed by atoms with Crippen molar-refractivity contribution in [2.75, 3.05) is 32.8 Å². The van der Waals surface area contributed by atoms with Crippen molar-refractivity contribution in [2.24, 2.45) is 0 Å². The summed E-state index contributed by atoms with van der Waals surface area (Å²) in [6, 6.07) is 4.33. The summed E-state index contributed by atoms with van der Waals surface area (Å²) in [6.07, 6.45) is 6.16. The average molecular weight is 335 g/mol. The topological polar surface area (TPSA) is 69.0 Å². The van der Waals surface area contributed by atoms with E-state index in [-0.39, 0.29) is 18.6 Å². The number of carbonyl (C=O) groups is 1. The Bertz CT molecular complexity index is 520. The molecule has 0 aromatic carbocycles. The fraction of sp³-hybridized carbons (Fsp3) is 0.722. The van der Waals surface area contributed by atoms with Gasteiger partial charge in [-0.05, 0) is 57.8 Å². The van der Waals surface area contributed by atoms with Crippen LogP contribution in [0.1, 0.15) is 44.4 Å². The van der Waals surface area contributed by atoms with Crippen LogP contribution < -0.4 is 5.32 Å². The molecule has 1 aromatic heterocycles. The van der Waals surface area contributed by atoms with Crippen molar-refractivity contribution < 1.29 is 14.3 Å². The predicted molar refractivity (Wildman–Crippen MR) is 91.5 cm³/mol. The number of furan rings is 1. The lowest BCUT2D eigenvalue weighted by Crippen LogP contribution is -2.46. The second-order valence-corrected chi connectivity index (χ2v) is 7.04. The number of nitrogens with one attached hydrogen (secondary N) is 1. The van der Waals surface area contributed by atoms with Crippen LogP contribution in [0.25, 0.3) is 0 Å². The highest BCUT2D eigenvalue weighted by atomic mass is 16.3. The Labute approximate surface area is 143 Å². The SMILES string of the molecule is CC(NC(=O)CN1CCCC1CN1CCCC1CO)c1ccco1. The van der Waals surface area contributed by atoms with E-state index < -0.39 is 0 Å². The number of carbonyl (C=O) groups excluding carboxylic acids is 1. The number of likely N-dealkylation sites (tertiary alicyclic amines) is 2. The number of rotatable bonds is 7. The zero-order valence-electron chi connectivity index (χ0n) is 14.5. The van der Waals surface area contributed by atoms with Crippen molar-refractivity contribution in [3.05, 3.63) is 24.2 Å². The molecule has 0 radical (unpaired) electrons. The summed E-state index contributed by atoms with van der Waals surface area (Å²) < 4.78 is 5.34. The number of aliphatic hydroxyl groups excluding tert-OH is 1. The van der Waals surface area contributed by atoms with Crippen LogP contribution in [0, 0.1) is 0 Å². The number of nitrogens with zero attached hydrogens (tertiary/aromatic N) is 2. The Hall–Kier alpha value is -1.37. The highest BCUT2D eigenvalue weighted by molar-refractivity contribution is 5.78. The minimum atomic E-state index is -0.106. The molecule has 2 N–H and O–H groups in total. The van der Waals surface area contributed by atoms with E-state index in [0.29, 0.717) is 18.6 Å². The zero-order chi connectivity index (χ0) is 16.9.